The molecule has 1 nitrogen and oxygen atoms in total. The number of hydrogen-bond donors (Lipinski definition) is 1. The molecular formula is C8H6FNS. The van der Waals surface area contributed by atoms with Crippen molar-refractivity contribution in [1.29, 1.82) is 5.26 Å². The molecule has 0 spiro atoms. The number of aryl methyl sites for hydroxylation is 1. The normalized spacial score (nSPS) is 9.27. The molecule has 3 heteroatoms. The van der Waals surface area contributed by atoms with Crippen molar-refractivity contribution >= 4 is 12.6 Å². The van der Waals surface area contributed by atoms with E-state index in [9.17, 15) is 4.39 Å². The minimum absolute atomic E-state index is 0.0509. The number of halogens is 1. The Kier molecular flexibility index (Phi) is 2.16. The van der Waals surface area contributed by atoms with Gasteiger partial charge in [0.2, 0.25) is 0 Å². The summed E-state index contributed by atoms with van der Waals surface area (Å²) < 4.78 is 12.9. The lowest BCUT2D eigenvalue weighted by atomic mass is 10.1. The van der Waals surface area contributed by atoms with Crippen LogP contribution in [-0.4, -0.2) is 0 Å². The minimum atomic E-state index is -0.540. The first-order valence-corrected chi connectivity index (χ1v) is 3.49. The molecule has 0 fully saturated rings. The van der Waals surface area contributed by atoms with Crippen molar-refractivity contribution in [3.05, 3.63) is 29.1 Å². The highest BCUT2D eigenvalue weighted by molar-refractivity contribution is 7.80. The van der Waals surface area contributed by atoms with Gasteiger partial charge in [-0.3, -0.25) is 0 Å². The zero-order valence-electron chi connectivity index (χ0n) is 5.93. The Labute approximate surface area is 69.9 Å². The Balaban J connectivity index is 3.39. The molecule has 0 amide bonds. The molecule has 0 heterocycles. The fourth-order valence-electron chi connectivity index (χ4n) is 0.831. The first kappa shape index (κ1) is 8.09. The summed E-state index contributed by atoms with van der Waals surface area (Å²) in [5, 5.41) is 8.44. The van der Waals surface area contributed by atoms with Crippen molar-refractivity contribution in [2.24, 2.45) is 0 Å². The standard InChI is InChI=1S/C8H6FNS/c1-5-2-6(4-10)8(9)7(11)3-5/h2-3,11H,1H3. The third-order valence-corrected chi connectivity index (χ3v) is 1.64. The van der Waals surface area contributed by atoms with Gasteiger partial charge in [-0.1, -0.05) is 0 Å². The number of benzene rings is 1. The third-order valence-electron chi connectivity index (χ3n) is 1.32. The van der Waals surface area contributed by atoms with Crippen molar-refractivity contribution in [3.63, 3.8) is 0 Å². The SMILES string of the molecule is Cc1cc(S)c(F)c(C#N)c1. The second-order valence-electron chi connectivity index (χ2n) is 2.26. The summed E-state index contributed by atoms with van der Waals surface area (Å²) in [5.41, 5.74) is 0.892. The largest absolute Gasteiger partial charge is 0.204 e. The molecule has 0 saturated heterocycles. The molecule has 0 aliphatic heterocycles. The molecule has 0 unspecified atom stereocenters. The van der Waals surface area contributed by atoms with Crippen molar-refractivity contribution in [3.8, 4) is 6.07 Å². The molecule has 0 bridgehead atoms. The number of thiol groups is 1. The average Bonchev–Trinajstić information content (AvgIpc) is 1.96. The third kappa shape index (κ3) is 1.52. The highest BCUT2D eigenvalue weighted by Crippen LogP contribution is 2.17. The van der Waals surface area contributed by atoms with Crippen LogP contribution in [0.4, 0.5) is 4.39 Å². The summed E-state index contributed by atoms with van der Waals surface area (Å²) >= 11 is 3.87. The average molecular weight is 167 g/mol. The summed E-state index contributed by atoms with van der Waals surface area (Å²) in [7, 11) is 0. The highest BCUT2D eigenvalue weighted by Gasteiger charge is 2.04. The zero-order chi connectivity index (χ0) is 8.43. The maximum Gasteiger partial charge on any atom is 0.154 e. The number of rotatable bonds is 0. The van der Waals surface area contributed by atoms with Gasteiger partial charge < -0.3 is 0 Å². The van der Waals surface area contributed by atoms with Gasteiger partial charge in [0.1, 0.15) is 6.07 Å². The molecule has 1 rings (SSSR count). The van der Waals surface area contributed by atoms with E-state index in [-0.39, 0.29) is 10.5 Å². The molecule has 1 aromatic rings. The van der Waals surface area contributed by atoms with Crippen molar-refractivity contribution < 1.29 is 4.39 Å². The van der Waals surface area contributed by atoms with E-state index in [1.54, 1.807) is 19.1 Å². The maximum atomic E-state index is 12.9. The molecule has 0 atom stereocenters. The van der Waals surface area contributed by atoms with Crippen LogP contribution < -0.4 is 0 Å². The van der Waals surface area contributed by atoms with Crippen LogP contribution >= 0.6 is 12.6 Å². The minimum Gasteiger partial charge on any atom is -0.204 e. The van der Waals surface area contributed by atoms with Crippen LogP contribution in [0.3, 0.4) is 0 Å². The van der Waals surface area contributed by atoms with E-state index < -0.39 is 5.82 Å². The van der Waals surface area contributed by atoms with E-state index in [0.29, 0.717) is 0 Å². The summed E-state index contributed by atoms with van der Waals surface area (Å²) in [4.78, 5) is 0.224. The molecular weight excluding hydrogens is 161 g/mol. The van der Waals surface area contributed by atoms with Gasteiger partial charge in [-0.05, 0) is 24.6 Å². The quantitative estimate of drug-likeness (QED) is 0.589. The second-order valence-corrected chi connectivity index (χ2v) is 2.74. The molecule has 0 aromatic heterocycles. The van der Waals surface area contributed by atoms with Crippen LogP contribution in [-0.2, 0) is 0 Å². The van der Waals surface area contributed by atoms with Crippen molar-refractivity contribution in [2.45, 2.75) is 11.8 Å². The van der Waals surface area contributed by atoms with Gasteiger partial charge in [0.25, 0.3) is 0 Å². The lowest BCUT2D eigenvalue weighted by Crippen LogP contribution is -1.87. The van der Waals surface area contributed by atoms with E-state index in [1.165, 1.54) is 6.07 Å². The van der Waals surface area contributed by atoms with Gasteiger partial charge in [-0.2, -0.15) is 5.26 Å². The highest BCUT2D eigenvalue weighted by atomic mass is 32.1. The Morgan fingerprint density at radius 1 is 1.55 bits per heavy atom. The van der Waals surface area contributed by atoms with E-state index in [4.69, 9.17) is 5.26 Å². The van der Waals surface area contributed by atoms with E-state index in [2.05, 4.69) is 12.6 Å². The van der Waals surface area contributed by atoms with Crippen LogP contribution in [0, 0.1) is 24.1 Å². The summed E-state index contributed by atoms with van der Waals surface area (Å²) in [6, 6.07) is 4.83. The Morgan fingerprint density at radius 2 is 2.18 bits per heavy atom. The van der Waals surface area contributed by atoms with Gasteiger partial charge >= 0.3 is 0 Å². The van der Waals surface area contributed by atoms with Crippen LogP contribution in [0.1, 0.15) is 11.1 Å². The molecule has 0 radical (unpaired) electrons. The van der Waals surface area contributed by atoms with Crippen LogP contribution in [0.25, 0.3) is 0 Å². The fraction of sp³-hybridized carbons (Fsp3) is 0.125. The van der Waals surface area contributed by atoms with Gasteiger partial charge in [0, 0.05) is 4.90 Å². The molecule has 0 N–H and O–H groups in total. The topological polar surface area (TPSA) is 23.8 Å². The number of hydrogen-bond acceptors (Lipinski definition) is 2. The monoisotopic (exact) mass is 167 g/mol. The van der Waals surface area contributed by atoms with Crippen molar-refractivity contribution in [1.82, 2.24) is 0 Å². The summed E-state index contributed by atoms with van der Waals surface area (Å²) in [6.45, 7) is 1.79. The fourth-order valence-corrected chi connectivity index (χ4v) is 1.16. The predicted octanol–water partition coefficient (Wildman–Crippen LogP) is 2.29. The Bertz CT molecular complexity index is 328. The molecule has 0 saturated carbocycles. The van der Waals surface area contributed by atoms with E-state index in [0.717, 1.165) is 5.56 Å². The molecule has 56 valence electrons. The molecule has 0 aliphatic rings. The molecule has 11 heavy (non-hydrogen) atoms. The number of nitrogens with zero attached hydrogens (tertiary/aromatic N) is 1. The van der Waals surface area contributed by atoms with E-state index in [1.807, 2.05) is 0 Å². The van der Waals surface area contributed by atoms with Crippen LogP contribution in [0.15, 0.2) is 17.0 Å². The van der Waals surface area contributed by atoms with Crippen LogP contribution in [0.2, 0.25) is 0 Å². The Morgan fingerprint density at radius 3 is 2.73 bits per heavy atom. The lowest BCUT2D eigenvalue weighted by Gasteiger charge is -1.98. The summed E-state index contributed by atoms with van der Waals surface area (Å²) in [5.74, 6) is -0.540. The first-order valence-electron chi connectivity index (χ1n) is 3.04. The van der Waals surface area contributed by atoms with Crippen molar-refractivity contribution in [2.75, 3.05) is 0 Å². The lowest BCUT2D eigenvalue weighted by molar-refractivity contribution is 0.598. The Hall–Kier alpha value is -1.01. The van der Waals surface area contributed by atoms with Gasteiger partial charge in [0.15, 0.2) is 5.82 Å². The first-order chi connectivity index (χ1) is 5.15. The van der Waals surface area contributed by atoms with E-state index >= 15 is 0 Å². The predicted molar refractivity (Wildman–Crippen MR) is 43.1 cm³/mol. The smallest absolute Gasteiger partial charge is 0.154 e. The van der Waals surface area contributed by atoms with Gasteiger partial charge in [-0.15, -0.1) is 12.6 Å². The molecule has 0 aliphatic carbocycles. The molecule has 1 aromatic carbocycles. The summed E-state index contributed by atoms with van der Waals surface area (Å²) in [6.07, 6.45) is 0. The van der Waals surface area contributed by atoms with Gasteiger partial charge in [0.05, 0.1) is 5.56 Å². The maximum absolute atomic E-state index is 12.9. The van der Waals surface area contributed by atoms with Gasteiger partial charge in [-0.25, -0.2) is 4.39 Å². The zero-order valence-corrected chi connectivity index (χ0v) is 6.82. The second kappa shape index (κ2) is 2.93. The number of nitriles is 1. The van der Waals surface area contributed by atoms with Crippen LogP contribution in [0.5, 0.6) is 0 Å².